The summed E-state index contributed by atoms with van der Waals surface area (Å²) in [6, 6.07) is 12.7. The third-order valence-electron chi connectivity index (χ3n) is 4.62. The Labute approximate surface area is 159 Å². The molecule has 0 spiro atoms. The average molecular weight is 370 g/mol. The van der Waals surface area contributed by atoms with E-state index in [4.69, 9.17) is 0 Å². The molecule has 0 aromatic heterocycles. The Balaban J connectivity index is 2.15. The molecule has 1 N–H and O–H groups in total. The Morgan fingerprint density at radius 2 is 1.74 bits per heavy atom. The molecule has 1 amide bonds. The monoisotopic (exact) mass is 370 g/mol. The largest absolute Gasteiger partial charge is 0.378 e. The van der Waals surface area contributed by atoms with Gasteiger partial charge in [0.15, 0.2) is 0 Å². The minimum Gasteiger partial charge on any atom is -0.378 e. The van der Waals surface area contributed by atoms with E-state index in [0.29, 0.717) is 17.7 Å². The lowest BCUT2D eigenvalue weighted by molar-refractivity contribution is -0.385. The summed E-state index contributed by atoms with van der Waals surface area (Å²) in [5.41, 5.74) is 2.83. The number of carbonyl (C=O) groups excluding carboxylic acids is 1. The van der Waals surface area contributed by atoms with Crippen molar-refractivity contribution in [3.63, 3.8) is 0 Å². The summed E-state index contributed by atoms with van der Waals surface area (Å²) in [6.45, 7) is 1.99. The molecule has 2 aromatic carbocycles. The number of nitro benzene ring substituents is 1. The van der Waals surface area contributed by atoms with E-state index in [1.54, 1.807) is 13.0 Å². The van der Waals surface area contributed by atoms with Gasteiger partial charge in [0.2, 0.25) is 0 Å². The zero-order valence-electron chi connectivity index (χ0n) is 16.4. The molecule has 0 aliphatic rings. The van der Waals surface area contributed by atoms with Crippen molar-refractivity contribution in [2.24, 2.45) is 0 Å². The first kappa shape index (κ1) is 20.4. The Kier molecular flexibility index (Phi) is 6.52. The highest BCUT2D eigenvalue weighted by Crippen LogP contribution is 2.23. The number of nitrogens with zero attached hydrogens (tertiary/aromatic N) is 3. The van der Waals surface area contributed by atoms with Gasteiger partial charge in [-0.1, -0.05) is 18.2 Å². The lowest BCUT2D eigenvalue weighted by Gasteiger charge is -2.26. The molecule has 7 nitrogen and oxygen atoms in total. The first-order chi connectivity index (χ1) is 12.7. The molecule has 2 rings (SSSR count). The Bertz CT molecular complexity index is 816. The molecule has 0 saturated heterocycles. The normalized spacial score (nSPS) is 11.9. The zero-order valence-corrected chi connectivity index (χ0v) is 16.4. The second kappa shape index (κ2) is 8.64. The molecule has 0 radical (unpaired) electrons. The van der Waals surface area contributed by atoms with Crippen LogP contribution in [0.25, 0.3) is 0 Å². The van der Waals surface area contributed by atoms with Crippen LogP contribution < -0.4 is 10.2 Å². The number of hydrogen-bond acceptors (Lipinski definition) is 5. The molecule has 0 bridgehead atoms. The number of likely N-dealkylation sites (N-methyl/N-ethyl adjacent to an activating group) is 1. The second-order valence-electron chi connectivity index (χ2n) is 6.88. The minimum absolute atomic E-state index is 0.0100. The van der Waals surface area contributed by atoms with Crippen LogP contribution in [0.2, 0.25) is 0 Å². The predicted molar refractivity (Wildman–Crippen MR) is 107 cm³/mol. The van der Waals surface area contributed by atoms with Gasteiger partial charge in [-0.2, -0.15) is 0 Å². The van der Waals surface area contributed by atoms with Crippen LogP contribution in [0.5, 0.6) is 0 Å². The SMILES string of the molecule is Cc1c(C(=O)NC[C@H](c2ccc(N(C)C)cc2)N(C)C)cccc1[N+](=O)[O-]. The van der Waals surface area contributed by atoms with Gasteiger partial charge < -0.3 is 15.1 Å². The number of nitro groups is 1. The Morgan fingerprint density at radius 1 is 1.11 bits per heavy atom. The lowest BCUT2D eigenvalue weighted by Crippen LogP contribution is -2.34. The van der Waals surface area contributed by atoms with Crippen molar-refractivity contribution in [1.82, 2.24) is 10.2 Å². The van der Waals surface area contributed by atoms with Gasteiger partial charge in [0.25, 0.3) is 11.6 Å². The maximum absolute atomic E-state index is 12.6. The standard InChI is InChI=1S/C20H26N4O3/c1-14-17(7-6-8-18(14)24(26)27)20(25)21-13-19(23(4)5)15-9-11-16(12-10-15)22(2)3/h6-12,19H,13H2,1-5H3,(H,21,25)/t19-/m1/s1. The van der Waals surface area contributed by atoms with E-state index in [0.717, 1.165) is 11.3 Å². The highest BCUT2D eigenvalue weighted by atomic mass is 16.6. The predicted octanol–water partition coefficient (Wildman–Crippen LogP) is 3.00. The number of nitrogens with one attached hydrogen (secondary N) is 1. The number of rotatable bonds is 7. The van der Waals surface area contributed by atoms with Gasteiger partial charge in [-0.05, 0) is 44.8 Å². The van der Waals surface area contributed by atoms with Crippen molar-refractivity contribution in [2.75, 3.05) is 39.6 Å². The Hall–Kier alpha value is -2.93. The molecule has 27 heavy (non-hydrogen) atoms. The molecular formula is C20H26N4O3. The third kappa shape index (κ3) is 4.83. The first-order valence-electron chi connectivity index (χ1n) is 8.68. The van der Waals surface area contributed by atoms with Crippen LogP contribution in [0.4, 0.5) is 11.4 Å². The number of benzene rings is 2. The van der Waals surface area contributed by atoms with Gasteiger partial charge in [-0.3, -0.25) is 14.9 Å². The van der Waals surface area contributed by atoms with Gasteiger partial charge >= 0.3 is 0 Å². The fourth-order valence-electron chi connectivity index (χ4n) is 2.95. The number of carbonyl (C=O) groups is 1. The first-order valence-corrected chi connectivity index (χ1v) is 8.68. The fourth-order valence-corrected chi connectivity index (χ4v) is 2.95. The van der Waals surface area contributed by atoms with E-state index in [2.05, 4.69) is 5.32 Å². The van der Waals surface area contributed by atoms with Crippen molar-refractivity contribution in [3.8, 4) is 0 Å². The molecule has 0 aliphatic carbocycles. The van der Waals surface area contributed by atoms with Crippen LogP contribution in [0.15, 0.2) is 42.5 Å². The summed E-state index contributed by atoms with van der Waals surface area (Å²) in [4.78, 5) is 27.3. The van der Waals surface area contributed by atoms with Crippen molar-refractivity contribution in [2.45, 2.75) is 13.0 Å². The van der Waals surface area contributed by atoms with E-state index in [9.17, 15) is 14.9 Å². The van der Waals surface area contributed by atoms with Crippen LogP contribution in [0, 0.1) is 17.0 Å². The maximum Gasteiger partial charge on any atom is 0.273 e. The molecule has 0 fully saturated rings. The highest BCUT2D eigenvalue weighted by molar-refractivity contribution is 5.96. The molecule has 7 heteroatoms. The maximum atomic E-state index is 12.6. The quantitative estimate of drug-likeness (QED) is 0.599. The average Bonchev–Trinajstić information content (AvgIpc) is 2.61. The summed E-state index contributed by atoms with van der Waals surface area (Å²) in [5, 5.41) is 14.0. The molecule has 0 unspecified atom stereocenters. The molecule has 0 aliphatic heterocycles. The van der Waals surface area contributed by atoms with Crippen molar-refractivity contribution >= 4 is 17.3 Å². The van der Waals surface area contributed by atoms with Crippen LogP contribution in [-0.2, 0) is 0 Å². The van der Waals surface area contributed by atoms with E-state index >= 15 is 0 Å². The summed E-state index contributed by atoms with van der Waals surface area (Å²) in [7, 11) is 7.88. The summed E-state index contributed by atoms with van der Waals surface area (Å²) < 4.78 is 0. The van der Waals surface area contributed by atoms with Gasteiger partial charge in [-0.25, -0.2) is 0 Å². The molecular weight excluding hydrogens is 344 g/mol. The van der Waals surface area contributed by atoms with E-state index in [1.807, 2.05) is 62.3 Å². The minimum atomic E-state index is -0.471. The van der Waals surface area contributed by atoms with Crippen LogP contribution in [0.1, 0.15) is 27.5 Å². The molecule has 0 saturated carbocycles. The second-order valence-corrected chi connectivity index (χ2v) is 6.88. The van der Waals surface area contributed by atoms with Crippen LogP contribution in [0.3, 0.4) is 0 Å². The topological polar surface area (TPSA) is 78.7 Å². The number of amides is 1. The van der Waals surface area contributed by atoms with Crippen molar-refractivity contribution < 1.29 is 9.72 Å². The van der Waals surface area contributed by atoms with Crippen LogP contribution in [-0.4, -0.2) is 50.5 Å². The number of anilines is 1. The molecule has 144 valence electrons. The molecule has 0 heterocycles. The lowest BCUT2D eigenvalue weighted by atomic mass is 10.0. The third-order valence-corrected chi connectivity index (χ3v) is 4.62. The van der Waals surface area contributed by atoms with Gasteiger partial charge in [0.05, 0.1) is 11.0 Å². The number of hydrogen-bond donors (Lipinski definition) is 1. The fraction of sp³-hybridized carbons (Fsp3) is 0.350. The summed E-state index contributed by atoms with van der Waals surface area (Å²) in [5.74, 6) is -0.312. The molecule has 1 atom stereocenters. The molecule has 2 aromatic rings. The summed E-state index contributed by atoms with van der Waals surface area (Å²) in [6.07, 6.45) is 0. The zero-order chi connectivity index (χ0) is 20.1. The van der Waals surface area contributed by atoms with Gasteiger partial charge in [-0.15, -0.1) is 0 Å². The van der Waals surface area contributed by atoms with Gasteiger partial charge in [0, 0.05) is 43.5 Å². The van der Waals surface area contributed by atoms with Crippen molar-refractivity contribution in [1.29, 1.82) is 0 Å². The van der Waals surface area contributed by atoms with Crippen molar-refractivity contribution in [3.05, 3.63) is 69.3 Å². The van der Waals surface area contributed by atoms with E-state index < -0.39 is 4.92 Å². The van der Waals surface area contributed by atoms with E-state index in [1.165, 1.54) is 12.1 Å². The summed E-state index contributed by atoms with van der Waals surface area (Å²) >= 11 is 0. The smallest absolute Gasteiger partial charge is 0.273 e. The highest BCUT2D eigenvalue weighted by Gasteiger charge is 2.20. The Morgan fingerprint density at radius 3 is 2.26 bits per heavy atom. The van der Waals surface area contributed by atoms with Crippen LogP contribution >= 0.6 is 0 Å². The van der Waals surface area contributed by atoms with Gasteiger partial charge in [0.1, 0.15) is 0 Å². The van der Waals surface area contributed by atoms with E-state index in [-0.39, 0.29) is 17.6 Å².